The Bertz CT molecular complexity index is 2270. The minimum Gasteiger partial charge on any atom is -0.310 e. The van der Waals surface area contributed by atoms with Gasteiger partial charge in [-0.25, -0.2) is 0 Å². The number of para-hydroxylation sites is 1. The summed E-state index contributed by atoms with van der Waals surface area (Å²) in [4.78, 5) is 2.46. The average molecular weight is 552 g/mol. The van der Waals surface area contributed by atoms with E-state index in [2.05, 4.69) is 171 Å². The van der Waals surface area contributed by atoms with Crippen LogP contribution in [0.1, 0.15) is 31.9 Å². The van der Waals surface area contributed by atoms with Crippen molar-refractivity contribution in [3.8, 4) is 11.1 Å². The molecule has 0 saturated carbocycles. The zero-order valence-corrected chi connectivity index (χ0v) is 24.8. The highest BCUT2D eigenvalue weighted by molar-refractivity contribution is 6.25. The van der Waals surface area contributed by atoms with E-state index in [0.717, 1.165) is 5.69 Å². The Balaban J connectivity index is 1.48. The lowest BCUT2D eigenvalue weighted by atomic mass is 9.82. The number of rotatable bonds is 4. The Morgan fingerprint density at radius 1 is 0.558 bits per heavy atom. The van der Waals surface area contributed by atoms with Gasteiger partial charge in [-0.05, 0) is 91.7 Å². The molecule has 0 N–H and O–H groups in total. The molecule has 0 aromatic heterocycles. The van der Waals surface area contributed by atoms with Crippen molar-refractivity contribution in [3.63, 3.8) is 0 Å². The Hall–Kier alpha value is -5.14. The minimum atomic E-state index is -0.0761. The van der Waals surface area contributed by atoms with Gasteiger partial charge in [-0.2, -0.15) is 0 Å². The van der Waals surface area contributed by atoms with Crippen LogP contribution < -0.4 is 10.1 Å². The lowest BCUT2D eigenvalue weighted by Crippen LogP contribution is -2.17. The molecule has 8 rings (SSSR count). The van der Waals surface area contributed by atoms with Gasteiger partial charge in [0, 0.05) is 22.2 Å². The van der Waals surface area contributed by atoms with E-state index < -0.39 is 0 Å². The Morgan fingerprint density at radius 2 is 1.23 bits per heavy atom. The largest absolute Gasteiger partial charge is 0.310 e. The summed E-state index contributed by atoms with van der Waals surface area (Å²) in [6.45, 7) is 6.79. The molecule has 0 amide bonds. The Kier molecular flexibility index (Phi) is 5.77. The summed E-state index contributed by atoms with van der Waals surface area (Å²) in [6, 6.07) is 47.0. The van der Waals surface area contributed by atoms with E-state index in [4.69, 9.17) is 0 Å². The third kappa shape index (κ3) is 3.78. The molecule has 43 heavy (non-hydrogen) atoms. The van der Waals surface area contributed by atoms with Gasteiger partial charge in [0.05, 0.1) is 5.69 Å². The second-order valence-corrected chi connectivity index (χ2v) is 12.1. The molecule has 1 aliphatic rings. The summed E-state index contributed by atoms with van der Waals surface area (Å²) in [6.07, 6.45) is 6.54. The molecular formula is C42H33N. The van der Waals surface area contributed by atoms with Crippen molar-refractivity contribution < 1.29 is 0 Å². The number of hydrogen-bond acceptors (Lipinski definition) is 1. The molecule has 1 heteroatoms. The van der Waals surface area contributed by atoms with Crippen molar-refractivity contribution in [2.24, 2.45) is 0 Å². The molecule has 0 spiro atoms. The molecule has 206 valence electrons. The number of fused-ring (bicyclic) bond motifs is 5. The molecule has 0 heterocycles. The molecule has 0 fully saturated rings. The van der Waals surface area contributed by atoms with E-state index in [0.29, 0.717) is 0 Å². The molecular weight excluding hydrogens is 518 g/mol. The van der Waals surface area contributed by atoms with Crippen molar-refractivity contribution in [1.29, 1.82) is 0 Å². The Morgan fingerprint density at radius 3 is 2.02 bits per heavy atom. The van der Waals surface area contributed by atoms with Gasteiger partial charge in [-0.15, -0.1) is 0 Å². The molecule has 0 atom stereocenters. The van der Waals surface area contributed by atoms with Crippen molar-refractivity contribution in [2.45, 2.75) is 26.2 Å². The minimum absolute atomic E-state index is 0.0761. The normalized spacial score (nSPS) is 14.2. The lowest BCUT2D eigenvalue weighted by molar-refractivity contribution is 0.660. The van der Waals surface area contributed by atoms with E-state index in [1.165, 1.54) is 71.2 Å². The lowest BCUT2D eigenvalue weighted by Gasteiger charge is -2.29. The third-order valence-corrected chi connectivity index (χ3v) is 9.33. The first kappa shape index (κ1) is 25.6. The highest BCUT2D eigenvalue weighted by atomic mass is 15.1. The second-order valence-electron chi connectivity index (χ2n) is 12.1. The summed E-state index contributed by atoms with van der Waals surface area (Å²) in [5, 5.41) is 8.96. The zero-order valence-electron chi connectivity index (χ0n) is 24.8. The van der Waals surface area contributed by atoms with Crippen LogP contribution in [0.3, 0.4) is 0 Å². The summed E-state index contributed by atoms with van der Waals surface area (Å²) in [7, 11) is 0. The third-order valence-electron chi connectivity index (χ3n) is 9.33. The van der Waals surface area contributed by atoms with Gasteiger partial charge in [-0.1, -0.05) is 129 Å². The van der Waals surface area contributed by atoms with Gasteiger partial charge >= 0.3 is 0 Å². The van der Waals surface area contributed by atoms with E-state index in [1.54, 1.807) is 0 Å². The smallest absolute Gasteiger partial charge is 0.0546 e. The van der Waals surface area contributed by atoms with E-state index in [9.17, 15) is 0 Å². The molecule has 1 aliphatic carbocycles. The fraction of sp³-hybridized carbons (Fsp3) is 0.0952. The predicted octanol–water partition coefficient (Wildman–Crippen LogP) is 11.0. The van der Waals surface area contributed by atoms with E-state index in [1.807, 2.05) is 0 Å². The quantitative estimate of drug-likeness (QED) is 0.155. The van der Waals surface area contributed by atoms with Crippen LogP contribution in [0.4, 0.5) is 17.1 Å². The SMILES string of the molecule is C/C=C\C=c1\c2cccc(N(c3ccccc3)c3ccc4c(c3)C(C)(C)c3ccccc3-4)c2c2cccc3cccc1c32. The standard InChI is InChI=1S/C42H33N/c1-4-5-18-31-34-20-11-14-28-15-12-22-36(40(28)34)41-35(31)21-13-24-39(41)43(29-16-7-6-8-17-29)30-25-26-33-32-19-9-10-23-37(32)42(2,3)38(33)27-30/h4-27H,1-3H3/b5-4-,31-18+. The van der Waals surface area contributed by atoms with Crippen LogP contribution in [-0.4, -0.2) is 0 Å². The first-order valence-electron chi connectivity index (χ1n) is 15.2. The fourth-order valence-corrected chi connectivity index (χ4v) is 7.36. The van der Waals surface area contributed by atoms with Crippen LogP contribution in [0.25, 0.3) is 49.5 Å². The molecule has 0 saturated heterocycles. The number of anilines is 3. The van der Waals surface area contributed by atoms with Crippen LogP contribution in [0, 0.1) is 0 Å². The first-order chi connectivity index (χ1) is 21.1. The number of nitrogens with zero attached hydrogens (tertiary/aromatic N) is 1. The van der Waals surface area contributed by atoms with Gasteiger partial charge in [0.1, 0.15) is 0 Å². The highest BCUT2D eigenvalue weighted by Crippen LogP contribution is 2.51. The van der Waals surface area contributed by atoms with Gasteiger partial charge in [0.15, 0.2) is 0 Å². The molecule has 7 aromatic rings. The Labute approximate surface area is 253 Å². The van der Waals surface area contributed by atoms with Crippen LogP contribution in [0.15, 0.2) is 140 Å². The van der Waals surface area contributed by atoms with Crippen molar-refractivity contribution in [1.82, 2.24) is 0 Å². The van der Waals surface area contributed by atoms with Crippen LogP contribution >= 0.6 is 0 Å². The molecule has 0 bridgehead atoms. The van der Waals surface area contributed by atoms with E-state index in [-0.39, 0.29) is 5.41 Å². The predicted molar refractivity (Wildman–Crippen MR) is 186 cm³/mol. The maximum atomic E-state index is 2.46. The number of benzene rings is 7. The fourth-order valence-electron chi connectivity index (χ4n) is 7.36. The van der Waals surface area contributed by atoms with Gasteiger partial charge in [0.25, 0.3) is 0 Å². The average Bonchev–Trinajstić information content (AvgIpc) is 3.28. The summed E-state index contributed by atoms with van der Waals surface area (Å²) < 4.78 is 0. The van der Waals surface area contributed by atoms with Crippen molar-refractivity contribution in [3.05, 3.63) is 156 Å². The van der Waals surface area contributed by atoms with Gasteiger partial charge < -0.3 is 4.90 Å². The molecule has 0 aliphatic heterocycles. The van der Waals surface area contributed by atoms with Crippen molar-refractivity contribution >= 4 is 55.5 Å². The molecule has 7 aromatic carbocycles. The van der Waals surface area contributed by atoms with Crippen LogP contribution in [0.2, 0.25) is 0 Å². The maximum absolute atomic E-state index is 2.46. The summed E-state index contributed by atoms with van der Waals surface area (Å²) in [5.74, 6) is 0. The monoisotopic (exact) mass is 551 g/mol. The van der Waals surface area contributed by atoms with Gasteiger partial charge in [-0.3, -0.25) is 0 Å². The zero-order chi connectivity index (χ0) is 29.1. The second kappa shape index (κ2) is 9.71. The highest BCUT2D eigenvalue weighted by Gasteiger charge is 2.35. The number of hydrogen-bond donors (Lipinski definition) is 0. The molecule has 0 unspecified atom stereocenters. The van der Waals surface area contributed by atoms with E-state index >= 15 is 0 Å². The van der Waals surface area contributed by atoms with Crippen LogP contribution in [-0.2, 0) is 5.41 Å². The molecule has 0 radical (unpaired) electrons. The summed E-state index contributed by atoms with van der Waals surface area (Å²) >= 11 is 0. The van der Waals surface area contributed by atoms with Gasteiger partial charge in [0.2, 0.25) is 0 Å². The summed E-state index contributed by atoms with van der Waals surface area (Å²) in [5.41, 5.74) is 8.88. The first-order valence-corrected chi connectivity index (χ1v) is 15.2. The maximum Gasteiger partial charge on any atom is 0.0546 e. The van der Waals surface area contributed by atoms with Crippen molar-refractivity contribution in [2.75, 3.05) is 4.90 Å². The van der Waals surface area contributed by atoms with Crippen LogP contribution in [0.5, 0.6) is 0 Å². The topological polar surface area (TPSA) is 3.24 Å². The number of allylic oxidation sites excluding steroid dienone is 2. The molecule has 1 nitrogen and oxygen atoms in total.